The molecule has 0 aliphatic carbocycles. The first-order valence-electron chi connectivity index (χ1n) is 7.84. The largest absolute Gasteiger partial charge is 0.346 e. The highest BCUT2D eigenvalue weighted by atomic mass is 16.2. The summed E-state index contributed by atoms with van der Waals surface area (Å²) in [4.78, 5) is 27.9. The number of hydrogen-bond acceptors (Lipinski definition) is 4. The van der Waals surface area contributed by atoms with Crippen molar-refractivity contribution < 1.29 is 9.59 Å². The lowest BCUT2D eigenvalue weighted by Gasteiger charge is -2.21. The first-order valence-corrected chi connectivity index (χ1v) is 7.84. The first kappa shape index (κ1) is 17.9. The fourth-order valence-corrected chi connectivity index (χ4v) is 2.47. The second-order valence-corrected chi connectivity index (χ2v) is 6.34. The third-order valence-electron chi connectivity index (χ3n) is 4.18. The van der Waals surface area contributed by atoms with Crippen molar-refractivity contribution in [1.82, 2.24) is 15.1 Å². The zero-order chi connectivity index (χ0) is 16.0. The number of nitrogens with zero attached hydrogens (tertiary/aromatic N) is 2. The molecule has 0 aromatic carbocycles. The van der Waals surface area contributed by atoms with Gasteiger partial charge in [0.05, 0.1) is 12.6 Å². The van der Waals surface area contributed by atoms with Crippen molar-refractivity contribution in [2.24, 2.45) is 17.6 Å². The van der Waals surface area contributed by atoms with Gasteiger partial charge in [-0.2, -0.15) is 0 Å². The van der Waals surface area contributed by atoms with E-state index in [1.807, 2.05) is 18.7 Å². The van der Waals surface area contributed by atoms with Crippen LogP contribution in [0.1, 0.15) is 27.2 Å². The number of likely N-dealkylation sites (tertiary alicyclic amines) is 1. The highest BCUT2D eigenvalue weighted by molar-refractivity contribution is 5.87. The van der Waals surface area contributed by atoms with Crippen molar-refractivity contribution in [2.75, 3.05) is 39.8 Å². The molecule has 1 heterocycles. The van der Waals surface area contributed by atoms with Crippen LogP contribution < -0.4 is 11.1 Å². The molecule has 0 radical (unpaired) electrons. The van der Waals surface area contributed by atoms with Crippen LogP contribution in [-0.4, -0.2) is 67.4 Å². The molecule has 6 nitrogen and oxygen atoms in total. The topological polar surface area (TPSA) is 78.7 Å². The molecule has 1 aliphatic heterocycles. The van der Waals surface area contributed by atoms with Crippen molar-refractivity contribution in [3.05, 3.63) is 0 Å². The van der Waals surface area contributed by atoms with Crippen molar-refractivity contribution in [3.8, 4) is 0 Å². The van der Waals surface area contributed by atoms with Gasteiger partial charge in [0.25, 0.3) is 0 Å². The highest BCUT2D eigenvalue weighted by Gasteiger charge is 2.27. The first-order chi connectivity index (χ1) is 9.85. The summed E-state index contributed by atoms with van der Waals surface area (Å²) in [5, 5.41) is 2.64. The Morgan fingerprint density at radius 3 is 2.67 bits per heavy atom. The third kappa shape index (κ3) is 5.63. The summed E-state index contributed by atoms with van der Waals surface area (Å²) in [6.07, 6.45) is 1.04. The Balaban J connectivity index is 2.32. The Hall–Kier alpha value is -1.14. The van der Waals surface area contributed by atoms with Crippen molar-refractivity contribution >= 4 is 11.8 Å². The Labute approximate surface area is 128 Å². The van der Waals surface area contributed by atoms with Gasteiger partial charge in [-0.05, 0) is 31.8 Å². The maximum Gasteiger partial charge on any atom is 0.241 e. The molecule has 0 bridgehead atoms. The van der Waals surface area contributed by atoms with E-state index in [9.17, 15) is 9.59 Å². The minimum Gasteiger partial charge on any atom is -0.346 e. The predicted molar refractivity (Wildman–Crippen MR) is 83.7 cm³/mol. The van der Waals surface area contributed by atoms with Crippen LogP contribution in [0, 0.1) is 11.8 Å². The van der Waals surface area contributed by atoms with E-state index in [1.165, 1.54) is 0 Å². The Morgan fingerprint density at radius 1 is 1.43 bits per heavy atom. The van der Waals surface area contributed by atoms with Crippen molar-refractivity contribution in [1.29, 1.82) is 0 Å². The minimum absolute atomic E-state index is 0.0130. The van der Waals surface area contributed by atoms with Crippen LogP contribution >= 0.6 is 0 Å². The fraction of sp³-hybridized carbons (Fsp3) is 0.867. The maximum absolute atomic E-state index is 12.1. The molecule has 1 saturated heterocycles. The molecule has 1 aliphatic rings. The van der Waals surface area contributed by atoms with E-state index in [-0.39, 0.29) is 24.3 Å². The molecular weight excluding hydrogens is 268 g/mol. The number of carbonyl (C=O) groups excluding carboxylic acids is 2. The molecule has 2 atom stereocenters. The smallest absolute Gasteiger partial charge is 0.241 e. The average molecular weight is 298 g/mol. The van der Waals surface area contributed by atoms with E-state index in [0.29, 0.717) is 5.92 Å². The van der Waals surface area contributed by atoms with Gasteiger partial charge in [-0.15, -0.1) is 0 Å². The summed E-state index contributed by atoms with van der Waals surface area (Å²) in [7, 11) is 2.10. The summed E-state index contributed by atoms with van der Waals surface area (Å²) in [5.74, 6) is 0.342. The molecule has 1 rings (SSSR count). The molecular formula is C15H30N4O2. The third-order valence-corrected chi connectivity index (χ3v) is 4.18. The maximum atomic E-state index is 12.1. The normalized spacial score (nSPS) is 20.1. The minimum atomic E-state index is -0.553. The van der Waals surface area contributed by atoms with Crippen LogP contribution in [0.4, 0.5) is 0 Å². The molecule has 1 fully saturated rings. The average Bonchev–Trinajstić information content (AvgIpc) is 2.91. The molecule has 6 heteroatoms. The summed E-state index contributed by atoms with van der Waals surface area (Å²) in [5.41, 5.74) is 5.75. The number of nitrogens with one attached hydrogen (secondary N) is 1. The zero-order valence-corrected chi connectivity index (χ0v) is 13.8. The standard InChI is InChI=1S/C15H30N4O2/c1-5-18(4)9-12-6-7-19(10-12)13(20)8-17-15(21)14(16)11(2)3/h11-12,14H,5-10,16H2,1-4H3,(H,17,21)/t12?,14-/m0/s1. The molecule has 122 valence electrons. The monoisotopic (exact) mass is 298 g/mol. The van der Waals surface area contributed by atoms with E-state index >= 15 is 0 Å². The van der Waals surface area contributed by atoms with Crippen LogP contribution in [-0.2, 0) is 9.59 Å². The Kier molecular flexibility index (Phi) is 7.11. The summed E-state index contributed by atoms with van der Waals surface area (Å²) >= 11 is 0. The molecule has 0 spiro atoms. The van der Waals surface area contributed by atoms with E-state index in [2.05, 4.69) is 24.2 Å². The van der Waals surface area contributed by atoms with E-state index < -0.39 is 6.04 Å². The Morgan fingerprint density at radius 2 is 2.10 bits per heavy atom. The van der Waals surface area contributed by atoms with Crippen LogP contribution in [0.15, 0.2) is 0 Å². The number of carbonyl (C=O) groups is 2. The summed E-state index contributed by atoms with van der Waals surface area (Å²) < 4.78 is 0. The molecule has 3 N–H and O–H groups in total. The van der Waals surface area contributed by atoms with Gasteiger partial charge in [0.15, 0.2) is 0 Å². The van der Waals surface area contributed by atoms with Crippen LogP contribution in [0.25, 0.3) is 0 Å². The van der Waals surface area contributed by atoms with Gasteiger partial charge in [-0.3, -0.25) is 9.59 Å². The van der Waals surface area contributed by atoms with Crippen LogP contribution in [0.5, 0.6) is 0 Å². The van der Waals surface area contributed by atoms with Gasteiger partial charge in [-0.25, -0.2) is 0 Å². The second-order valence-electron chi connectivity index (χ2n) is 6.34. The number of rotatable bonds is 7. The Bertz CT molecular complexity index is 360. The summed E-state index contributed by atoms with van der Waals surface area (Å²) in [6, 6.07) is -0.553. The van der Waals surface area contributed by atoms with E-state index in [4.69, 9.17) is 5.73 Å². The lowest BCUT2D eigenvalue weighted by atomic mass is 10.1. The van der Waals surface area contributed by atoms with E-state index in [0.717, 1.165) is 32.6 Å². The van der Waals surface area contributed by atoms with E-state index in [1.54, 1.807) is 0 Å². The zero-order valence-electron chi connectivity index (χ0n) is 13.8. The van der Waals surface area contributed by atoms with Crippen LogP contribution in [0.2, 0.25) is 0 Å². The highest BCUT2D eigenvalue weighted by Crippen LogP contribution is 2.16. The summed E-state index contributed by atoms with van der Waals surface area (Å²) in [6.45, 7) is 9.57. The second kappa shape index (κ2) is 8.34. The van der Waals surface area contributed by atoms with Gasteiger partial charge in [0.2, 0.25) is 11.8 Å². The SMILES string of the molecule is CCN(C)CC1CCN(C(=O)CNC(=O)[C@@H](N)C(C)C)C1. The van der Waals surface area contributed by atoms with Gasteiger partial charge in [0.1, 0.15) is 0 Å². The molecule has 0 aromatic heterocycles. The number of amides is 2. The fourth-order valence-electron chi connectivity index (χ4n) is 2.47. The van der Waals surface area contributed by atoms with Crippen molar-refractivity contribution in [2.45, 2.75) is 33.2 Å². The van der Waals surface area contributed by atoms with Gasteiger partial charge in [0, 0.05) is 19.6 Å². The molecule has 21 heavy (non-hydrogen) atoms. The lowest BCUT2D eigenvalue weighted by Crippen LogP contribution is -2.47. The molecule has 0 aromatic rings. The number of hydrogen-bond donors (Lipinski definition) is 2. The van der Waals surface area contributed by atoms with Gasteiger partial charge >= 0.3 is 0 Å². The molecule has 0 saturated carbocycles. The van der Waals surface area contributed by atoms with Gasteiger partial charge in [-0.1, -0.05) is 20.8 Å². The molecule has 1 unspecified atom stereocenters. The van der Waals surface area contributed by atoms with Gasteiger partial charge < -0.3 is 20.9 Å². The van der Waals surface area contributed by atoms with Crippen LogP contribution in [0.3, 0.4) is 0 Å². The predicted octanol–water partition coefficient (Wildman–Crippen LogP) is -0.114. The quantitative estimate of drug-likeness (QED) is 0.687. The van der Waals surface area contributed by atoms with Crippen molar-refractivity contribution in [3.63, 3.8) is 0 Å². The lowest BCUT2D eigenvalue weighted by molar-refractivity contribution is -0.132. The number of nitrogens with two attached hydrogens (primary N) is 1. The molecule has 2 amide bonds.